The molecule has 0 saturated carbocycles. The predicted octanol–water partition coefficient (Wildman–Crippen LogP) is 1.39. The lowest BCUT2D eigenvalue weighted by atomic mass is 10.2. The lowest BCUT2D eigenvalue weighted by Gasteiger charge is -2.19. The number of amides is 1. The maximum Gasteiger partial charge on any atom is 0.239 e. The van der Waals surface area contributed by atoms with E-state index in [1.54, 1.807) is 37.2 Å². The number of hydrogen-bond donors (Lipinski definition) is 1. The Bertz CT molecular complexity index is 439. The first-order valence-electron chi connectivity index (χ1n) is 4.70. The highest BCUT2D eigenvalue weighted by Crippen LogP contribution is 2.25. The fourth-order valence-corrected chi connectivity index (χ4v) is 1.59. The van der Waals surface area contributed by atoms with Crippen molar-refractivity contribution in [3.63, 3.8) is 0 Å². The molecule has 0 bridgehead atoms. The summed E-state index contributed by atoms with van der Waals surface area (Å²) >= 11 is 6.01. The molecule has 1 rings (SSSR count). The first-order valence-corrected chi connectivity index (χ1v) is 5.07. The van der Waals surface area contributed by atoms with Crippen molar-refractivity contribution in [1.82, 2.24) is 5.32 Å². The van der Waals surface area contributed by atoms with Crippen molar-refractivity contribution in [3.05, 3.63) is 28.8 Å². The van der Waals surface area contributed by atoms with E-state index in [1.165, 1.54) is 0 Å². The molecule has 0 aliphatic carbocycles. The lowest BCUT2D eigenvalue weighted by Crippen LogP contribution is -2.33. The van der Waals surface area contributed by atoms with Crippen LogP contribution in [0, 0.1) is 11.3 Å². The van der Waals surface area contributed by atoms with Gasteiger partial charge in [-0.1, -0.05) is 11.6 Å². The van der Waals surface area contributed by atoms with Gasteiger partial charge in [-0.05, 0) is 18.2 Å². The molecule has 0 saturated heterocycles. The summed E-state index contributed by atoms with van der Waals surface area (Å²) in [5.41, 5.74) is 1.23. The normalized spacial score (nSPS) is 9.38. The van der Waals surface area contributed by atoms with Crippen molar-refractivity contribution in [3.8, 4) is 6.07 Å². The topological polar surface area (TPSA) is 56.1 Å². The highest BCUT2D eigenvalue weighted by atomic mass is 35.5. The van der Waals surface area contributed by atoms with Crippen molar-refractivity contribution in [2.24, 2.45) is 0 Å². The minimum Gasteiger partial charge on any atom is -0.364 e. The highest BCUT2D eigenvalue weighted by molar-refractivity contribution is 6.33. The number of carbonyl (C=O) groups is 1. The number of halogens is 1. The number of anilines is 1. The Kier molecular flexibility index (Phi) is 4.15. The molecule has 0 unspecified atom stereocenters. The van der Waals surface area contributed by atoms with Gasteiger partial charge in [-0.2, -0.15) is 5.26 Å². The van der Waals surface area contributed by atoms with E-state index in [1.807, 2.05) is 6.07 Å². The van der Waals surface area contributed by atoms with Crippen LogP contribution in [0.4, 0.5) is 5.69 Å². The fourth-order valence-electron chi connectivity index (χ4n) is 1.27. The van der Waals surface area contributed by atoms with Crippen LogP contribution in [-0.2, 0) is 4.79 Å². The van der Waals surface area contributed by atoms with E-state index < -0.39 is 0 Å². The third-order valence-electron chi connectivity index (χ3n) is 2.15. The molecule has 1 aromatic carbocycles. The van der Waals surface area contributed by atoms with E-state index >= 15 is 0 Å². The Labute approximate surface area is 99.4 Å². The minimum atomic E-state index is -0.0945. The van der Waals surface area contributed by atoms with Crippen LogP contribution in [0.1, 0.15) is 5.56 Å². The van der Waals surface area contributed by atoms with Crippen LogP contribution in [0.15, 0.2) is 18.2 Å². The van der Waals surface area contributed by atoms with Gasteiger partial charge in [0.25, 0.3) is 0 Å². The van der Waals surface area contributed by atoms with Gasteiger partial charge in [0.1, 0.15) is 0 Å². The summed E-state index contributed by atoms with van der Waals surface area (Å²) in [7, 11) is 3.35. The molecule has 0 aliphatic heterocycles. The number of nitrogens with zero attached hydrogens (tertiary/aromatic N) is 2. The molecule has 4 nitrogen and oxygen atoms in total. The maximum absolute atomic E-state index is 11.2. The maximum atomic E-state index is 11.2. The van der Waals surface area contributed by atoms with E-state index in [-0.39, 0.29) is 12.5 Å². The monoisotopic (exact) mass is 237 g/mol. The smallest absolute Gasteiger partial charge is 0.239 e. The molecule has 0 aromatic heterocycles. The average Bonchev–Trinajstić information content (AvgIpc) is 2.28. The zero-order valence-corrected chi connectivity index (χ0v) is 9.88. The summed E-state index contributed by atoms with van der Waals surface area (Å²) in [6.07, 6.45) is 0. The highest BCUT2D eigenvalue weighted by Gasteiger charge is 2.09. The van der Waals surface area contributed by atoms with E-state index in [9.17, 15) is 4.79 Å². The number of hydrogen-bond acceptors (Lipinski definition) is 3. The molecule has 5 heteroatoms. The van der Waals surface area contributed by atoms with E-state index in [0.717, 1.165) is 5.69 Å². The summed E-state index contributed by atoms with van der Waals surface area (Å²) in [6.45, 7) is 0.224. The van der Waals surface area contributed by atoms with Crippen molar-refractivity contribution in [2.75, 3.05) is 25.5 Å². The first kappa shape index (κ1) is 12.3. The predicted molar refractivity (Wildman–Crippen MR) is 63.5 cm³/mol. The first-order chi connectivity index (χ1) is 7.58. The van der Waals surface area contributed by atoms with Crippen LogP contribution in [0.2, 0.25) is 5.02 Å². The van der Waals surface area contributed by atoms with Gasteiger partial charge in [-0.25, -0.2) is 0 Å². The van der Waals surface area contributed by atoms with Gasteiger partial charge >= 0.3 is 0 Å². The van der Waals surface area contributed by atoms with E-state index in [4.69, 9.17) is 16.9 Å². The summed E-state index contributed by atoms with van der Waals surface area (Å²) in [5, 5.41) is 11.7. The van der Waals surface area contributed by atoms with Crippen molar-refractivity contribution < 1.29 is 4.79 Å². The standard InChI is InChI=1S/C11H12ClN3O/c1-14-11(16)7-15(2)10-4-3-8(6-13)5-9(10)12/h3-5H,7H2,1-2H3,(H,14,16). The second-order valence-corrected chi connectivity index (χ2v) is 3.71. The zero-order chi connectivity index (χ0) is 12.1. The Morgan fingerprint density at radius 1 is 1.62 bits per heavy atom. The number of likely N-dealkylation sites (N-methyl/N-ethyl adjacent to an activating group) is 2. The molecule has 1 aromatic rings. The Morgan fingerprint density at radius 2 is 2.31 bits per heavy atom. The van der Waals surface area contributed by atoms with Crippen molar-refractivity contribution >= 4 is 23.2 Å². The number of nitrogens with one attached hydrogen (secondary N) is 1. The Hall–Kier alpha value is -1.73. The molecule has 1 amide bonds. The van der Waals surface area contributed by atoms with Crippen LogP contribution < -0.4 is 10.2 Å². The SMILES string of the molecule is CNC(=O)CN(C)c1ccc(C#N)cc1Cl. The third kappa shape index (κ3) is 2.88. The molecule has 0 fully saturated rings. The van der Waals surface area contributed by atoms with Crippen LogP contribution >= 0.6 is 11.6 Å². The second kappa shape index (κ2) is 5.38. The van der Waals surface area contributed by atoms with E-state index in [0.29, 0.717) is 10.6 Å². The van der Waals surface area contributed by atoms with Gasteiger partial charge < -0.3 is 10.2 Å². The number of benzene rings is 1. The van der Waals surface area contributed by atoms with Gasteiger partial charge in [0, 0.05) is 14.1 Å². The quantitative estimate of drug-likeness (QED) is 0.865. The summed E-state index contributed by atoms with van der Waals surface area (Å²) < 4.78 is 0. The Morgan fingerprint density at radius 3 is 2.81 bits per heavy atom. The van der Waals surface area contributed by atoms with Crippen LogP contribution in [0.3, 0.4) is 0 Å². The molecule has 1 N–H and O–H groups in total. The molecular weight excluding hydrogens is 226 g/mol. The van der Waals surface area contributed by atoms with Crippen molar-refractivity contribution in [2.45, 2.75) is 0 Å². The molecule has 0 heterocycles. The molecule has 84 valence electrons. The molecule has 0 spiro atoms. The largest absolute Gasteiger partial charge is 0.364 e. The van der Waals surface area contributed by atoms with Crippen LogP contribution in [0.25, 0.3) is 0 Å². The van der Waals surface area contributed by atoms with Gasteiger partial charge in [0.05, 0.1) is 28.9 Å². The van der Waals surface area contributed by atoms with E-state index in [2.05, 4.69) is 5.32 Å². The van der Waals surface area contributed by atoms with Gasteiger partial charge in [-0.15, -0.1) is 0 Å². The van der Waals surface area contributed by atoms with Gasteiger partial charge in [-0.3, -0.25) is 4.79 Å². The second-order valence-electron chi connectivity index (χ2n) is 3.31. The van der Waals surface area contributed by atoms with Crippen LogP contribution in [-0.4, -0.2) is 26.5 Å². The van der Waals surface area contributed by atoms with Gasteiger partial charge in [0.15, 0.2) is 0 Å². The van der Waals surface area contributed by atoms with Crippen molar-refractivity contribution in [1.29, 1.82) is 5.26 Å². The number of nitriles is 1. The molecule has 0 atom stereocenters. The molecular formula is C11H12ClN3O. The van der Waals surface area contributed by atoms with Crippen LogP contribution in [0.5, 0.6) is 0 Å². The summed E-state index contributed by atoms with van der Waals surface area (Å²) in [5.74, 6) is -0.0945. The summed E-state index contributed by atoms with van der Waals surface area (Å²) in [6, 6.07) is 6.98. The molecule has 0 aliphatic rings. The third-order valence-corrected chi connectivity index (χ3v) is 2.45. The van der Waals surface area contributed by atoms with Gasteiger partial charge in [0.2, 0.25) is 5.91 Å². The zero-order valence-electron chi connectivity index (χ0n) is 9.12. The molecule has 0 radical (unpaired) electrons. The summed E-state index contributed by atoms with van der Waals surface area (Å²) in [4.78, 5) is 12.9. The lowest BCUT2D eigenvalue weighted by molar-refractivity contribution is -0.119. The average molecular weight is 238 g/mol. The number of rotatable bonds is 3. The number of carbonyl (C=O) groups excluding carboxylic acids is 1. The minimum absolute atomic E-state index is 0.0945. The fraction of sp³-hybridized carbons (Fsp3) is 0.273. The molecule has 16 heavy (non-hydrogen) atoms. The Balaban J connectivity index is 2.88.